The topological polar surface area (TPSA) is 38.8 Å². The van der Waals surface area contributed by atoms with Crippen molar-refractivity contribution in [2.24, 2.45) is 5.92 Å². The average Bonchev–Trinajstić information content (AvgIpc) is 3.13. The maximum absolute atomic E-state index is 11.8. The zero-order chi connectivity index (χ0) is 12.8. The molecule has 0 aromatic heterocycles. The molecule has 2 unspecified atom stereocenters. The maximum atomic E-state index is 11.8. The third kappa shape index (κ3) is 4.28. The van der Waals surface area contributed by atoms with Gasteiger partial charge in [0.2, 0.25) is 0 Å². The summed E-state index contributed by atoms with van der Waals surface area (Å²) in [6, 6.07) is 0.255. The van der Waals surface area contributed by atoms with Gasteiger partial charge in [0.05, 0.1) is 13.2 Å². The van der Waals surface area contributed by atoms with E-state index < -0.39 is 0 Å². The summed E-state index contributed by atoms with van der Waals surface area (Å²) in [6.07, 6.45) is 2.56. The van der Waals surface area contributed by atoms with Crippen LogP contribution < -0.4 is 0 Å². The summed E-state index contributed by atoms with van der Waals surface area (Å²) in [6.45, 7) is 7.85. The predicted octanol–water partition coefficient (Wildman–Crippen LogP) is 1.68. The highest BCUT2D eigenvalue weighted by atomic mass is 16.5. The highest BCUT2D eigenvalue weighted by Crippen LogP contribution is 2.35. The summed E-state index contributed by atoms with van der Waals surface area (Å²) in [7, 11) is 1.69. The standard InChI is InChI=1S/C13H25NO3/c1-5-17-13(15)11(3)14(8-9-16-4)10(2)12-6-7-12/h10-12H,5-9H2,1-4H3. The molecule has 1 aliphatic carbocycles. The van der Waals surface area contributed by atoms with E-state index in [1.165, 1.54) is 12.8 Å². The molecule has 0 aliphatic heterocycles. The van der Waals surface area contributed by atoms with Crippen molar-refractivity contribution in [3.63, 3.8) is 0 Å². The van der Waals surface area contributed by atoms with Crippen molar-refractivity contribution in [2.75, 3.05) is 26.9 Å². The molecule has 0 aromatic rings. The highest BCUT2D eigenvalue weighted by Gasteiger charge is 2.36. The Labute approximate surface area is 104 Å². The van der Waals surface area contributed by atoms with Crippen LogP contribution in [0.4, 0.5) is 0 Å². The summed E-state index contributed by atoms with van der Waals surface area (Å²) in [4.78, 5) is 14.0. The van der Waals surface area contributed by atoms with Gasteiger partial charge >= 0.3 is 5.97 Å². The van der Waals surface area contributed by atoms with Crippen LogP contribution in [-0.4, -0.2) is 49.8 Å². The molecular formula is C13H25NO3. The van der Waals surface area contributed by atoms with Gasteiger partial charge in [0.1, 0.15) is 6.04 Å². The third-order valence-corrected chi connectivity index (χ3v) is 3.51. The fraction of sp³-hybridized carbons (Fsp3) is 0.923. The van der Waals surface area contributed by atoms with Crippen molar-refractivity contribution in [1.29, 1.82) is 0 Å². The van der Waals surface area contributed by atoms with Crippen molar-refractivity contribution >= 4 is 5.97 Å². The lowest BCUT2D eigenvalue weighted by atomic mass is 10.1. The van der Waals surface area contributed by atoms with Crippen molar-refractivity contribution in [1.82, 2.24) is 4.90 Å². The summed E-state index contributed by atoms with van der Waals surface area (Å²) >= 11 is 0. The molecule has 1 saturated carbocycles. The summed E-state index contributed by atoms with van der Waals surface area (Å²) in [5.74, 6) is 0.611. The number of nitrogens with zero attached hydrogens (tertiary/aromatic N) is 1. The Hall–Kier alpha value is -0.610. The number of carbonyl (C=O) groups excluding carboxylic acids is 1. The van der Waals surface area contributed by atoms with Crippen LogP contribution in [0.1, 0.15) is 33.6 Å². The second-order valence-electron chi connectivity index (χ2n) is 4.74. The largest absolute Gasteiger partial charge is 0.465 e. The monoisotopic (exact) mass is 243 g/mol. The molecule has 0 N–H and O–H groups in total. The lowest BCUT2D eigenvalue weighted by Gasteiger charge is -2.33. The second-order valence-corrected chi connectivity index (χ2v) is 4.74. The molecule has 100 valence electrons. The van der Waals surface area contributed by atoms with Crippen LogP contribution in [0.3, 0.4) is 0 Å². The lowest BCUT2D eigenvalue weighted by molar-refractivity contribution is -0.150. The summed E-state index contributed by atoms with van der Waals surface area (Å²) < 4.78 is 10.2. The fourth-order valence-electron chi connectivity index (χ4n) is 2.19. The molecule has 0 spiro atoms. The van der Waals surface area contributed by atoms with Crippen molar-refractivity contribution in [3.8, 4) is 0 Å². The van der Waals surface area contributed by atoms with Crippen LogP contribution >= 0.6 is 0 Å². The van der Waals surface area contributed by atoms with Crippen molar-refractivity contribution in [2.45, 2.75) is 45.7 Å². The molecule has 4 heteroatoms. The van der Waals surface area contributed by atoms with Crippen LogP contribution in [0.15, 0.2) is 0 Å². The number of methoxy groups -OCH3 is 1. The van der Waals surface area contributed by atoms with Crippen LogP contribution in [0.25, 0.3) is 0 Å². The Kier molecular flexibility index (Phi) is 5.92. The van der Waals surface area contributed by atoms with Crippen LogP contribution in [0.2, 0.25) is 0 Å². The van der Waals surface area contributed by atoms with Crippen LogP contribution in [0.5, 0.6) is 0 Å². The first kappa shape index (κ1) is 14.5. The van der Waals surface area contributed by atoms with E-state index >= 15 is 0 Å². The first-order valence-corrected chi connectivity index (χ1v) is 6.53. The molecule has 0 radical (unpaired) electrons. The number of ether oxygens (including phenoxy) is 2. The number of esters is 1. The summed E-state index contributed by atoms with van der Waals surface area (Å²) in [5, 5.41) is 0. The lowest BCUT2D eigenvalue weighted by Crippen LogP contribution is -2.47. The Balaban J connectivity index is 2.56. The van der Waals surface area contributed by atoms with Crippen LogP contribution in [0, 0.1) is 5.92 Å². The number of hydrogen-bond acceptors (Lipinski definition) is 4. The fourth-order valence-corrected chi connectivity index (χ4v) is 2.19. The molecule has 0 saturated heterocycles. The number of carbonyl (C=O) groups is 1. The van der Waals surface area contributed by atoms with E-state index in [0.29, 0.717) is 19.3 Å². The average molecular weight is 243 g/mol. The molecule has 0 bridgehead atoms. The molecule has 0 amide bonds. The summed E-state index contributed by atoms with van der Waals surface area (Å²) in [5.41, 5.74) is 0. The van der Waals surface area contributed by atoms with E-state index in [1.54, 1.807) is 7.11 Å². The zero-order valence-corrected chi connectivity index (χ0v) is 11.4. The molecule has 2 atom stereocenters. The van der Waals surface area contributed by atoms with Gasteiger partial charge in [-0.15, -0.1) is 0 Å². The van der Waals surface area contributed by atoms with Gasteiger partial charge in [-0.2, -0.15) is 0 Å². The molecule has 0 aromatic carbocycles. The molecule has 4 nitrogen and oxygen atoms in total. The van der Waals surface area contributed by atoms with Gasteiger partial charge in [-0.1, -0.05) is 0 Å². The maximum Gasteiger partial charge on any atom is 0.323 e. The Morgan fingerprint density at radius 3 is 2.53 bits per heavy atom. The third-order valence-electron chi connectivity index (χ3n) is 3.51. The highest BCUT2D eigenvalue weighted by molar-refractivity contribution is 5.75. The minimum absolute atomic E-state index is 0.129. The molecule has 1 rings (SSSR count). The van der Waals surface area contributed by atoms with E-state index in [2.05, 4.69) is 11.8 Å². The second kappa shape index (κ2) is 6.97. The smallest absolute Gasteiger partial charge is 0.323 e. The van der Waals surface area contributed by atoms with Crippen LogP contribution in [-0.2, 0) is 14.3 Å². The minimum atomic E-state index is -0.180. The number of rotatable bonds is 8. The van der Waals surface area contributed by atoms with Gasteiger partial charge in [-0.25, -0.2) is 0 Å². The van der Waals surface area contributed by atoms with E-state index in [4.69, 9.17) is 9.47 Å². The van der Waals surface area contributed by atoms with Gasteiger partial charge in [0.25, 0.3) is 0 Å². The first-order valence-electron chi connectivity index (χ1n) is 6.53. The van der Waals surface area contributed by atoms with Gasteiger partial charge in [0.15, 0.2) is 0 Å². The Bertz CT molecular complexity index is 241. The van der Waals surface area contributed by atoms with E-state index in [1.807, 2.05) is 13.8 Å². The molecule has 1 fully saturated rings. The molecule has 0 heterocycles. The van der Waals surface area contributed by atoms with Crippen molar-refractivity contribution < 1.29 is 14.3 Å². The van der Waals surface area contributed by atoms with Gasteiger partial charge in [-0.05, 0) is 39.5 Å². The molecule has 17 heavy (non-hydrogen) atoms. The van der Waals surface area contributed by atoms with Crippen molar-refractivity contribution in [3.05, 3.63) is 0 Å². The quantitative estimate of drug-likeness (QED) is 0.608. The van der Waals surface area contributed by atoms with E-state index in [-0.39, 0.29) is 12.0 Å². The number of hydrogen-bond donors (Lipinski definition) is 0. The minimum Gasteiger partial charge on any atom is -0.465 e. The Morgan fingerprint density at radius 1 is 1.41 bits per heavy atom. The van der Waals surface area contributed by atoms with Gasteiger partial charge in [-0.3, -0.25) is 9.69 Å². The molecular weight excluding hydrogens is 218 g/mol. The molecule has 1 aliphatic rings. The van der Waals surface area contributed by atoms with E-state index in [0.717, 1.165) is 12.5 Å². The first-order chi connectivity index (χ1) is 8.11. The predicted molar refractivity (Wildman–Crippen MR) is 66.9 cm³/mol. The normalized spacial score (nSPS) is 19.1. The van der Waals surface area contributed by atoms with E-state index in [9.17, 15) is 4.79 Å². The zero-order valence-electron chi connectivity index (χ0n) is 11.4. The Morgan fingerprint density at radius 2 is 2.06 bits per heavy atom. The van der Waals surface area contributed by atoms with Gasteiger partial charge in [0, 0.05) is 19.7 Å². The van der Waals surface area contributed by atoms with Gasteiger partial charge < -0.3 is 9.47 Å². The SMILES string of the molecule is CCOC(=O)C(C)N(CCOC)C(C)C1CC1.